The van der Waals surface area contributed by atoms with Crippen molar-refractivity contribution in [2.45, 2.75) is 70.5 Å². The number of amides is 1. The number of nitrogens with one attached hydrogen (secondary N) is 2. The van der Waals surface area contributed by atoms with Crippen molar-refractivity contribution >= 4 is 18.3 Å². The Bertz CT molecular complexity index is 406. The van der Waals surface area contributed by atoms with Crippen LogP contribution in [-0.2, 0) is 4.79 Å². The normalized spacial score (nSPS) is 36.3. The maximum atomic E-state index is 12.6. The fraction of sp³-hybridized carbons (Fsp3) is 0.944. The van der Waals surface area contributed by atoms with Gasteiger partial charge < -0.3 is 10.6 Å². The zero-order valence-corrected chi connectivity index (χ0v) is 15.7. The molecule has 0 aromatic carbocycles. The Morgan fingerprint density at radius 3 is 2.57 bits per heavy atom. The largest absolute Gasteiger partial charge is 0.352 e. The van der Waals surface area contributed by atoms with Gasteiger partial charge in [0.25, 0.3) is 0 Å². The second-order valence-corrected chi connectivity index (χ2v) is 7.93. The second-order valence-electron chi connectivity index (χ2n) is 7.93. The van der Waals surface area contributed by atoms with Gasteiger partial charge in [0, 0.05) is 18.6 Å². The number of nitrogens with zero attached hydrogens (tertiary/aromatic N) is 1. The molecular weight excluding hydrogens is 310 g/mol. The summed E-state index contributed by atoms with van der Waals surface area (Å²) in [7, 11) is 2.02. The smallest absolute Gasteiger partial charge is 0.237 e. The van der Waals surface area contributed by atoms with Crippen LogP contribution in [0.2, 0.25) is 0 Å². The third-order valence-corrected chi connectivity index (χ3v) is 6.59. The number of likely N-dealkylation sites (tertiary alicyclic amines) is 1. The van der Waals surface area contributed by atoms with E-state index < -0.39 is 0 Å². The minimum atomic E-state index is -0.00260. The Hall–Kier alpha value is -0.320. The van der Waals surface area contributed by atoms with Crippen LogP contribution in [0.1, 0.15) is 52.4 Å². The van der Waals surface area contributed by atoms with Gasteiger partial charge >= 0.3 is 0 Å². The topological polar surface area (TPSA) is 44.4 Å². The van der Waals surface area contributed by atoms with E-state index in [9.17, 15) is 4.79 Å². The molecule has 134 valence electrons. The van der Waals surface area contributed by atoms with E-state index >= 15 is 0 Å². The number of rotatable bonds is 5. The molecule has 2 N–H and O–H groups in total. The van der Waals surface area contributed by atoms with Gasteiger partial charge in [0.1, 0.15) is 0 Å². The Kier molecular flexibility index (Phi) is 6.76. The van der Waals surface area contributed by atoms with E-state index in [1.165, 1.54) is 38.5 Å². The van der Waals surface area contributed by atoms with Gasteiger partial charge in [-0.25, -0.2) is 0 Å². The molecule has 0 spiro atoms. The highest BCUT2D eigenvalue weighted by atomic mass is 35.5. The number of hydrogen-bond donors (Lipinski definition) is 2. The fourth-order valence-corrected chi connectivity index (χ4v) is 5.12. The highest BCUT2D eigenvalue weighted by Gasteiger charge is 2.42. The molecule has 0 radical (unpaired) electrons. The van der Waals surface area contributed by atoms with Crippen molar-refractivity contribution in [3.05, 3.63) is 0 Å². The molecule has 2 aliphatic carbocycles. The summed E-state index contributed by atoms with van der Waals surface area (Å²) in [6, 6.07) is 0.874. The van der Waals surface area contributed by atoms with Gasteiger partial charge in [0.05, 0.1) is 6.04 Å². The molecule has 1 amide bonds. The maximum absolute atomic E-state index is 12.6. The summed E-state index contributed by atoms with van der Waals surface area (Å²) >= 11 is 0. The molecular formula is C18H34ClN3O. The molecule has 3 aliphatic rings. The lowest BCUT2D eigenvalue weighted by Crippen LogP contribution is -2.54. The number of carbonyl (C=O) groups is 1. The first kappa shape index (κ1) is 19.0. The summed E-state index contributed by atoms with van der Waals surface area (Å²) in [5.74, 6) is 2.78. The summed E-state index contributed by atoms with van der Waals surface area (Å²) in [6.07, 6.45) is 7.98. The first-order valence-electron chi connectivity index (χ1n) is 9.30. The van der Waals surface area contributed by atoms with Gasteiger partial charge in [-0.3, -0.25) is 9.69 Å². The molecule has 3 fully saturated rings. The lowest BCUT2D eigenvalue weighted by atomic mass is 9.84. The molecule has 3 rings (SSSR count). The highest BCUT2D eigenvalue weighted by Crippen LogP contribution is 2.49. The van der Waals surface area contributed by atoms with Crippen LogP contribution in [-0.4, -0.2) is 49.1 Å². The summed E-state index contributed by atoms with van der Waals surface area (Å²) < 4.78 is 0. The SMILES string of the molecule is CNC1CCCN(C(C)C(=O)NC(C)C2CC3CCC2C3)C1.Cl. The number of carbonyl (C=O) groups excluding carboxylic acids is 1. The van der Waals surface area contributed by atoms with Gasteiger partial charge in [-0.1, -0.05) is 6.42 Å². The third kappa shape index (κ3) is 4.21. The molecule has 2 bridgehead atoms. The summed E-state index contributed by atoms with van der Waals surface area (Å²) in [5, 5.41) is 6.69. The summed E-state index contributed by atoms with van der Waals surface area (Å²) in [5.41, 5.74) is 0. The molecule has 1 heterocycles. The Morgan fingerprint density at radius 1 is 1.17 bits per heavy atom. The van der Waals surface area contributed by atoms with Crippen LogP contribution >= 0.6 is 12.4 Å². The van der Waals surface area contributed by atoms with Crippen molar-refractivity contribution in [2.24, 2.45) is 17.8 Å². The third-order valence-electron chi connectivity index (χ3n) is 6.59. The van der Waals surface area contributed by atoms with Gasteiger partial charge in [-0.15, -0.1) is 12.4 Å². The average Bonchev–Trinajstić information content (AvgIpc) is 3.17. The lowest BCUT2D eigenvalue weighted by Gasteiger charge is -2.37. The van der Waals surface area contributed by atoms with E-state index in [4.69, 9.17) is 0 Å². The van der Waals surface area contributed by atoms with E-state index in [1.807, 2.05) is 7.05 Å². The van der Waals surface area contributed by atoms with Crippen LogP contribution in [0.5, 0.6) is 0 Å². The molecule has 6 atom stereocenters. The zero-order chi connectivity index (χ0) is 15.7. The molecule has 0 aromatic heterocycles. The van der Waals surface area contributed by atoms with E-state index in [0.29, 0.717) is 12.1 Å². The predicted octanol–water partition coefficient (Wildman–Crippen LogP) is 2.42. The van der Waals surface area contributed by atoms with Crippen molar-refractivity contribution in [3.8, 4) is 0 Å². The Morgan fingerprint density at radius 2 is 1.96 bits per heavy atom. The van der Waals surface area contributed by atoms with Crippen LogP contribution in [0.4, 0.5) is 0 Å². The number of fused-ring (bicyclic) bond motifs is 2. The highest BCUT2D eigenvalue weighted by molar-refractivity contribution is 5.85. The predicted molar refractivity (Wildman–Crippen MR) is 96.9 cm³/mol. The molecule has 6 unspecified atom stereocenters. The molecule has 5 heteroatoms. The Balaban J connectivity index is 0.00000192. The van der Waals surface area contributed by atoms with E-state index in [1.54, 1.807) is 0 Å². The quantitative estimate of drug-likeness (QED) is 0.805. The zero-order valence-electron chi connectivity index (χ0n) is 14.9. The van der Waals surface area contributed by atoms with E-state index in [-0.39, 0.29) is 24.4 Å². The standard InChI is InChI=1S/C18H33N3O.ClH/c1-12(17-10-14-6-7-15(17)9-14)20-18(22)13(2)21-8-4-5-16(11-21)19-3;/h12-17,19H,4-11H2,1-3H3,(H,20,22);1H. The van der Waals surface area contributed by atoms with Crippen molar-refractivity contribution in [1.82, 2.24) is 15.5 Å². The number of piperidine rings is 1. The van der Waals surface area contributed by atoms with Crippen molar-refractivity contribution in [2.75, 3.05) is 20.1 Å². The minimum absolute atomic E-state index is 0. The van der Waals surface area contributed by atoms with Gasteiger partial charge in [0.2, 0.25) is 5.91 Å². The van der Waals surface area contributed by atoms with Crippen LogP contribution in [0.3, 0.4) is 0 Å². The lowest BCUT2D eigenvalue weighted by molar-refractivity contribution is -0.127. The molecule has 23 heavy (non-hydrogen) atoms. The minimum Gasteiger partial charge on any atom is -0.352 e. The van der Waals surface area contributed by atoms with Gasteiger partial charge in [0.15, 0.2) is 0 Å². The number of likely N-dealkylation sites (N-methyl/N-ethyl adjacent to an activating group) is 1. The summed E-state index contributed by atoms with van der Waals surface area (Å²) in [6.45, 7) is 6.34. The first-order valence-corrected chi connectivity index (χ1v) is 9.30. The van der Waals surface area contributed by atoms with E-state index in [0.717, 1.165) is 30.8 Å². The Labute approximate surface area is 147 Å². The molecule has 2 saturated carbocycles. The number of hydrogen-bond acceptors (Lipinski definition) is 3. The maximum Gasteiger partial charge on any atom is 0.237 e. The molecule has 1 aliphatic heterocycles. The first-order chi connectivity index (χ1) is 10.6. The average molecular weight is 344 g/mol. The van der Waals surface area contributed by atoms with E-state index in [2.05, 4.69) is 29.4 Å². The van der Waals surface area contributed by atoms with Gasteiger partial charge in [-0.2, -0.15) is 0 Å². The van der Waals surface area contributed by atoms with Crippen molar-refractivity contribution in [1.29, 1.82) is 0 Å². The molecule has 0 aromatic rings. The van der Waals surface area contributed by atoms with Crippen LogP contribution in [0.25, 0.3) is 0 Å². The van der Waals surface area contributed by atoms with Crippen LogP contribution in [0.15, 0.2) is 0 Å². The van der Waals surface area contributed by atoms with Gasteiger partial charge in [-0.05, 0) is 77.3 Å². The van der Waals surface area contributed by atoms with Crippen molar-refractivity contribution in [3.63, 3.8) is 0 Å². The van der Waals surface area contributed by atoms with Crippen molar-refractivity contribution < 1.29 is 4.79 Å². The molecule has 1 saturated heterocycles. The van der Waals surface area contributed by atoms with Crippen LogP contribution < -0.4 is 10.6 Å². The second kappa shape index (κ2) is 8.17. The summed E-state index contributed by atoms with van der Waals surface area (Å²) in [4.78, 5) is 15.0. The molecule has 4 nitrogen and oxygen atoms in total. The monoisotopic (exact) mass is 343 g/mol. The number of halogens is 1. The van der Waals surface area contributed by atoms with Crippen LogP contribution in [0, 0.1) is 17.8 Å². The fourth-order valence-electron chi connectivity index (χ4n) is 5.12.